The molecule has 1 aromatic carbocycles. The lowest BCUT2D eigenvalue weighted by Crippen LogP contribution is -2.42. The van der Waals surface area contributed by atoms with Gasteiger partial charge in [-0.3, -0.25) is 9.59 Å². The van der Waals surface area contributed by atoms with Crippen molar-refractivity contribution in [2.75, 3.05) is 0 Å². The zero-order valence-electron chi connectivity index (χ0n) is 25.0. The minimum absolute atomic E-state index is 0.141. The fourth-order valence-electron chi connectivity index (χ4n) is 3.69. The average Bonchev–Trinajstić information content (AvgIpc) is 2.83. The number of benzene rings is 1. The maximum atomic E-state index is 12.5. The number of hydrogen-bond donors (Lipinski definition) is 2. The summed E-state index contributed by atoms with van der Waals surface area (Å²) in [6.45, 7) is 16.1. The molecule has 0 fully saturated rings. The second kappa shape index (κ2) is 15.4. The summed E-state index contributed by atoms with van der Waals surface area (Å²) in [5.74, 6) is -3.49. The van der Waals surface area contributed by atoms with Gasteiger partial charge in [0.15, 0.2) is 11.5 Å². The maximum Gasteiger partial charge on any atom is 0.514 e. The number of nitrogens with two attached hydrogens (primary N) is 1. The molecule has 0 amide bonds. The van der Waals surface area contributed by atoms with E-state index in [1.54, 1.807) is 27.7 Å². The van der Waals surface area contributed by atoms with Gasteiger partial charge in [0.2, 0.25) is 0 Å². The van der Waals surface area contributed by atoms with E-state index in [9.17, 15) is 24.3 Å². The van der Waals surface area contributed by atoms with Gasteiger partial charge in [0.1, 0.15) is 24.4 Å². The van der Waals surface area contributed by atoms with Crippen molar-refractivity contribution in [3.05, 3.63) is 23.8 Å². The van der Waals surface area contributed by atoms with E-state index in [4.69, 9.17) is 29.4 Å². The van der Waals surface area contributed by atoms with Crippen LogP contribution < -0.4 is 15.2 Å². The first kappa shape index (κ1) is 34.7. The van der Waals surface area contributed by atoms with Gasteiger partial charge in [0.05, 0.1) is 6.42 Å². The third-order valence-corrected chi connectivity index (χ3v) is 6.45. The zero-order chi connectivity index (χ0) is 30.8. The summed E-state index contributed by atoms with van der Waals surface area (Å²) in [6.07, 6.45) is -2.32. The largest absolute Gasteiger partial charge is 0.514 e. The molecular formula is C29H45NO10. The minimum Gasteiger partial charge on any atom is -0.480 e. The number of carboxylic acids is 1. The molecule has 0 aliphatic carbocycles. The zero-order valence-corrected chi connectivity index (χ0v) is 25.0. The third kappa shape index (κ3) is 11.4. The number of aliphatic carboxylic acids is 1. The highest BCUT2D eigenvalue weighted by Gasteiger charge is 2.36. The summed E-state index contributed by atoms with van der Waals surface area (Å²) in [7, 11) is 0. The molecule has 0 aliphatic heterocycles. The highest BCUT2D eigenvalue weighted by Crippen LogP contribution is 2.37. The molecule has 1 rings (SSSR count). The SMILES string of the molecule is CCC(C)OC(=O)Oc1ccc(C(C(C)C(C)OC(=O)CC(C)(C)C)[C@H](N)C(=O)O)cc1OC(=O)OC(C)CC. The number of esters is 1. The summed E-state index contributed by atoms with van der Waals surface area (Å²) >= 11 is 0. The number of carbonyl (C=O) groups excluding carboxylic acids is 3. The van der Waals surface area contributed by atoms with Crippen LogP contribution in [-0.2, 0) is 23.8 Å². The lowest BCUT2D eigenvalue weighted by atomic mass is 9.79. The van der Waals surface area contributed by atoms with Gasteiger partial charge in [-0.1, -0.05) is 47.6 Å². The topological polar surface area (TPSA) is 161 Å². The van der Waals surface area contributed by atoms with E-state index in [2.05, 4.69) is 0 Å². The Bertz CT molecular complexity index is 1020. The lowest BCUT2D eigenvalue weighted by Gasteiger charge is -2.32. The quantitative estimate of drug-likeness (QED) is 0.168. The monoisotopic (exact) mass is 567 g/mol. The highest BCUT2D eigenvalue weighted by atomic mass is 16.7. The molecule has 3 N–H and O–H groups in total. The molecule has 226 valence electrons. The summed E-state index contributed by atoms with van der Waals surface area (Å²) in [6, 6.07) is 2.81. The van der Waals surface area contributed by atoms with Gasteiger partial charge < -0.3 is 34.5 Å². The standard InChI is InChI=1S/C29H45NO10/c1-10-16(3)36-27(34)39-21-13-12-20(14-22(21)40-28(35)37-17(4)11-2)24(25(30)26(32)33)18(5)19(6)38-23(31)15-29(7,8)9/h12-14,16-19,24-25H,10-11,15,30H2,1-9H3,(H,32,33)/t16?,17?,18?,19?,24?,25-/m0/s1. The average molecular weight is 568 g/mol. The number of carbonyl (C=O) groups is 4. The van der Waals surface area contributed by atoms with Crippen LogP contribution in [0.15, 0.2) is 18.2 Å². The van der Waals surface area contributed by atoms with Gasteiger partial charge in [-0.2, -0.15) is 0 Å². The summed E-state index contributed by atoms with van der Waals surface area (Å²) < 4.78 is 26.6. The summed E-state index contributed by atoms with van der Waals surface area (Å²) in [5, 5.41) is 9.78. The first-order chi connectivity index (χ1) is 18.5. The number of rotatable bonds is 13. The molecule has 0 heterocycles. The minimum atomic E-state index is -1.40. The van der Waals surface area contributed by atoms with E-state index < -0.39 is 60.4 Å². The lowest BCUT2D eigenvalue weighted by molar-refractivity contribution is -0.153. The van der Waals surface area contributed by atoms with Crippen molar-refractivity contribution in [1.29, 1.82) is 0 Å². The van der Waals surface area contributed by atoms with Crippen LogP contribution in [0.4, 0.5) is 9.59 Å². The fraction of sp³-hybridized carbons (Fsp3) is 0.655. The van der Waals surface area contributed by atoms with Crippen molar-refractivity contribution in [3.63, 3.8) is 0 Å². The van der Waals surface area contributed by atoms with Crippen LogP contribution in [0.3, 0.4) is 0 Å². The van der Waals surface area contributed by atoms with Crippen LogP contribution >= 0.6 is 0 Å². The van der Waals surface area contributed by atoms with E-state index in [0.717, 1.165) is 0 Å². The van der Waals surface area contributed by atoms with E-state index >= 15 is 0 Å². The predicted molar refractivity (Wildman–Crippen MR) is 147 cm³/mol. The molecule has 11 heteroatoms. The molecule has 5 unspecified atom stereocenters. The second-order valence-corrected chi connectivity index (χ2v) is 11.3. The predicted octanol–water partition coefficient (Wildman–Crippen LogP) is 5.81. The number of ether oxygens (including phenoxy) is 5. The van der Waals surface area contributed by atoms with Crippen LogP contribution in [0.25, 0.3) is 0 Å². The van der Waals surface area contributed by atoms with E-state index in [0.29, 0.717) is 18.4 Å². The van der Waals surface area contributed by atoms with E-state index in [-0.39, 0.29) is 23.3 Å². The van der Waals surface area contributed by atoms with Crippen LogP contribution in [0, 0.1) is 11.3 Å². The molecule has 0 radical (unpaired) electrons. The Balaban J connectivity index is 3.45. The van der Waals surface area contributed by atoms with Crippen molar-refractivity contribution in [2.24, 2.45) is 17.1 Å². The van der Waals surface area contributed by atoms with Crippen molar-refractivity contribution in [2.45, 2.75) is 112 Å². The molecule has 0 aromatic heterocycles. The normalized spacial score (nSPS) is 15.9. The molecule has 40 heavy (non-hydrogen) atoms. The maximum absolute atomic E-state index is 12.5. The van der Waals surface area contributed by atoms with Gasteiger partial charge in [-0.15, -0.1) is 0 Å². The first-order valence-corrected chi connectivity index (χ1v) is 13.6. The highest BCUT2D eigenvalue weighted by molar-refractivity contribution is 5.75. The van der Waals surface area contributed by atoms with Gasteiger partial charge >= 0.3 is 24.2 Å². The molecule has 11 nitrogen and oxygen atoms in total. The Morgan fingerprint density at radius 2 is 1.35 bits per heavy atom. The van der Waals surface area contributed by atoms with Gasteiger partial charge in [-0.05, 0) is 56.7 Å². The molecule has 0 spiro atoms. The van der Waals surface area contributed by atoms with Crippen LogP contribution in [0.2, 0.25) is 0 Å². The van der Waals surface area contributed by atoms with Gasteiger partial charge in [0.25, 0.3) is 0 Å². The summed E-state index contributed by atoms with van der Waals surface area (Å²) in [4.78, 5) is 49.2. The molecule has 1 aromatic rings. The van der Waals surface area contributed by atoms with Crippen molar-refractivity contribution in [3.8, 4) is 11.5 Å². The smallest absolute Gasteiger partial charge is 0.480 e. The second-order valence-electron chi connectivity index (χ2n) is 11.3. The van der Waals surface area contributed by atoms with Crippen molar-refractivity contribution < 1.29 is 48.0 Å². The van der Waals surface area contributed by atoms with E-state index in [1.165, 1.54) is 18.2 Å². The summed E-state index contributed by atoms with van der Waals surface area (Å²) in [5.41, 5.74) is 6.17. The molecule has 0 saturated heterocycles. The Morgan fingerprint density at radius 1 is 0.850 bits per heavy atom. The molecule has 0 saturated carbocycles. The molecule has 0 bridgehead atoms. The van der Waals surface area contributed by atoms with Crippen LogP contribution in [0.1, 0.15) is 93.1 Å². The molecule has 0 aliphatic rings. The van der Waals surface area contributed by atoms with Crippen LogP contribution in [-0.4, -0.2) is 53.7 Å². The van der Waals surface area contributed by atoms with Gasteiger partial charge in [-0.25, -0.2) is 9.59 Å². The van der Waals surface area contributed by atoms with Crippen molar-refractivity contribution in [1.82, 2.24) is 0 Å². The first-order valence-electron chi connectivity index (χ1n) is 13.6. The van der Waals surface area contributed by atoms with Crippen LogP contribution in [0.5, 0.6) is 11.5 Å². The Morgan fingerprint density at radius 3 is 1.80 bits per heavy atom. The Kier molecular flexibility index (Phi) is 13.4. The Labute approximate surface area is 236 Å². The van der Waals surface area contributed by atoms with Gasteiger partial charge in [0, 0.05) is 11.8 Å². The molecular weight excluding hydrogens is 522 g/mol. The third-order valence-electron chi connectivity index (χ3n) is 6.45. The van der Waals surface area contributed by atoms with E-state index in [1.807, 2.05) is 34.6 Å². The molecule has 6 atom stereocenters. The van der Waals surface area contributed by atoms with Crippen molar-refractivity contribution >= 4 is 24.2 Å². The Hall–Kier alpha value is -3.34. The fourth-order valence-corrected chi connectivity index (χ4v) is 3.69. The number of hydrogen-bond acceptors (Lipinski definition) is 10. The number of carboxylic acid groups (broad SMARTS) is 1.